The first-order valence-electron chi connectivity index (χ1n) is 6.64. The van der Waals surface area contributed by atoms with Crippen LogP contribution in [0, 0.1) is 0 Å². The first-order valence-corrected chi connectivity index (χ1v) is 7.02. The molecule has 1 aliphatic heterocycles. The van der Waals surface area contributed by atoms with Gasteiger partial charge in [0.05, 0.1) is 17.3 Å². The van der Waals surface area contributed by atoms with Crippen molar-refractivity contribution >= 4 is 41.0 Å². The minimum Gasteiger partial charge on any atom is -0.368 e. The fourth-order valence-corrected chi connectivity index (χ4v) is 2.60. The fraction of sp³-hybridized carbons (Fsp3) is 0.143. The number of benzene rings is 1. The average Bonchev–Trinajstić information content (AvgIpc) is 2.52. The van der Waals surface area contributed by atoms with Crippen molar-refractivity contribution in [3.8, 4) is 0 Å². The van der Waals surface area contributed by atoms with E-state index < -0.39 is 5.91 Å². The van der Waals surface area contributed by atoms with Gasteiger partial charge in [-0.25, -0.2) is 9.78 Å². The van der Waals surface area contributed by atoms with Crippen molar-refractivity contribution in [1.29, 1.82) is 0 Å². The van der Waals surface area contributed by atoms with Gasteiger partial charge in [0.1, 0.15) is 5.82 Å². The van der Waals surface area contributed by atoms with E-state index in [4.69, 9.17) is 23.1 Å². The van der Waals surface area contributed by atoms with Crippen molar-refractivity contribution in [2.24, 2.45) is 5.73 Å². The van der Waals surface area contributed by atoms with Gasteiger partial charge in [-0.2, -0.15) is 4.98 Å². The maximum Gasteiger partial charge on any atom is 0.330 e. The maximum absolute atomic E-state index is 12.6. The zero-order chi connectivity index (χ0) is 16.7. The normalized spacial score (nSPS) is 13.9. The predicted molar refractivity (Wildman–Crippen MR) is 86.4 cm³/mol. The van der Waals surface area contributed by atoms with Crippen LogP contribution in [0.2, 0.25) is 5.02 Å². The molecule has 1 aliphatic rings. The zero-order valence-electron chi connectivity index (χ0n) is 12.2. The van der Waals surface area contributed by atoms with Crippen LogP contribution in [-0.4, -0.2) is 29.0 Å². The van der Waals surface area contributed by atoms with Crippen LogP contribution in [0.15, 0.2) is 24.4 Å². The second kappa shape index (κ2) is 5.40. The molecule has 0 unspecified atom stereocenters. The Morgan fingerprint density at radius 1 is 1.39 bits per heavy atom. The van der Waals surface area contributed by atoms with Crippen LogP contribution in [-0.2, 0) is 6.54 Å². The standard InChI is InChI=1S/C14H13ClN6O2/c1-20-12-8(5-18-13(17)19-12)6-21(14(20)23)10-4-7(11(16)22)2-3-9(10)15/h2-5H,6H2,1H3,(H2,16,22)(H2,17,18,19). The Morgan fingerprint density at radius 3 is 2.83 bits per heavy atom. The summed E-state index contributed by atoms with van der Waals surface area (Å²) < 4.78 is 0. The summed E-state index contributed by atoms with van der Waals surface area (Å²) in [5.41, 5.74) is 12.2. The Labute approximate surface area is 136 Å². The molecule has 1 aromatic heterocycles. The molecule has 0 spiro atoms. The van der Waals surface area contributed by atoms with E-state index in [9.17, 15) is 9.59 Å². The van der Waals surface area contributed by atoms with Crippen LogP contribution >= 0.6 is 11.6 Å². The Morgan fingerprint density at radius 2 is 2.13 bits per heavy atom. The number of carbonyl (C=O) groups is 2. The lowest BCUT2D eigenvalue weighted by Gasteiger charge is -2.34. The van der Waals surface area contributed by atoms with Crippen LogP contribution < -0.4 is 21.3 Å². The van der Waals surface area contributed by atoms with Crippen molar-refractivity contribution in [3.05, 3.63) is 40.5 Å². The molecule has 8 nitrogen and oxygen atoms in total. The lowest BCUT2D eigenvalue weighted by Crippen LogP contribution is -2.46. The number of nitrogens with two attached hydrogens (primary N) is 2. The summed E-state index contributed by atoms with van der Waals surface area (Å²) in [6.45, 7) is 0.209. The summed E-state index contributed by atoms with van der Waals surface area (Å²) in [5.74, 6) is -0.0660. The molecular weight excluding hydrogens is 320 g/mol. The van der Waals surface area contributed by atoms with Gasteiger partial charge in [-0.3, -0.25) is 14.6 Å². The maximum atomic E-state index is 12.6. The van der Waals surface area contributed by atoms with Gasteiger partial charge in [-0.15, -0.1) is 0 Å². The third-order valence-electron chi connectivity index (χ3n) is 3.55. The minimum absolute atomic E-state index is 0.0885. The van der Waals surface area contributed by atoms with Gasteiger partial charge in [0.2, 0.25) is 11.9 Å². The van der Waals surface area contributed by atoms with E-state index in [-0.39, 0.29) is 24.1 Å². The molecule has 0 radical (unpaired) electrons. The number of urea groups is 1. The van der Waals surface area contributed by atoms with E-state index in [1.54, 1.807) is 13.2 Å². The number of amides is 3. The predicted octanol–water partition coefficient (Wildman–Crippen LogP) is 1.39. The van der Waals surface area contributed by atoms with Crippen LogP contribution in [0.3, 0.4) is 0 Å². The van der Waals surface area contributed by atoms with Crippen LogP contribution in [0.1, 0.15) is 15.9 Å². The first kappa shape index (κ1) is 15.0. The molecule has 0 atom stereocenters. The largest absolute Gasteiger partial charge is 0.368 e. The molecule has 23 heavy (non-hydrogen) atoms. The summed E-state index contributed by atoms with van der Waals surface area (Å²) in [5, 5.41) is 0.330. The first-order chi connectivity index (χ1) is 10.9. The average molecular weight is 333 g/mol. The number of anilines is 3. The highest BCUT2D eigenvalue weighted by Gasteiger charge is 2.31. The van der Waals surface area contributed by atoms with Crippen LogP contribution in [0.4, 0.5) is 22.2 Å². The lowest BCUT2D eigenvalue weighted by atomic mass is 10.1. The number of primary amides is 1. The number of nitrogens with zero attached hydrogens (tertiary/aromatic N) is 4. The zero-order valence-corrected chi connectivity index (χ0v) is 12.9. The third-order valence-corrected chi connectivity index (χ3v) is 3.87. The Bertz CT molecular complexity index is 825. The van der Waals surface area contributed by atoms with Crippen LogP contribution in [0.5, 0.6) is 0 Å². The summed E-state index contributed by atoms with van der Waals surface area (Å²) in [6.07, 6.45) is 1.56. The second-order valence-electron chi connectivity index (χ2n) is 5.04. The summed E-state index contributed by atoms with van der Waals surface area (Å²) in [4.78, 5) is 34.8. The third kappa shape index (κ3) is 2.53. The quantitative estimate of drug-likeness (QED) is 0.861. The molecule has 3 rings (SSSR count). The van der Waals surface area contributed by atoms with E-state index in [0.29, 0.717) is 22.1 Å². The van der Waals surface area contributed by atoms with Crippen LogP contribution in [0.25, 0.3) is 0 Å². The molecule has 0 fully saturated rings. The van der Waals surface area contributed by atoms with Gasteiger partial charge < -0.3 is 11.5 Å². The summed E-state index contributed by atoms with van der Waals surface area (Å²) in [7, 11) is 1.58. The molecule has 3 amide bonds. The molecule has 0 aliphatic carbocycles. The van der Waals surface area contributed by atoms with Crippen molar-refractivity contribution in [2.45, 2.75) is 6.54 Å². The molecule has 1 aromatic carbocycles. The number of carbonyl (C=O) groups excluding carboxylic acids is 2. The molecule has 9 heteroatoms. The number of hydrogen-bond acceptors (Lipinski definition) is 5. The van der Waals surface area contributed by atoms with E-state index in [1.807, 2.05) is 0 Å². The van der Waals surface area contributed by atoms with Gasteiger partial charge in [0.25, 0.3) is 0 Å². The van der Waals surface area contributed by atoms with Gasteiger partial charge in [0.15, 0.2) is 0 Å². The highest BCUT2D eigenvalue weighted by Crippen LogP contribution is 2.34. The van der Waals surface area contributed by atoms with E-state index in [0.717, 1.165) is 0 Å². The SMILES string of the molecule is CN1C(=O)N(c2cc(C(N)=O)ccc2Cl)Cc2cnc(N)nc21. The molecule has 4 N–H and O–H groups in total. The summed E-state index contributed by atoms with van der Waals surface area (Å²) in [6, 6.07) is 4.17. The molecule has 118 valence electrons. The van der Waals surface area contributed by atoms with E-state index in [1.165, 1.54) is 28.0 Å². The smallest absolute Gasteiger partial charge is 0.330 e. The number of fused-ring (bicyclic) bond motifs is 1. The van der Waals surface area contributed by atoms with Crippen molar-refractivity contribution in [1.82, 2.24) is 9.97 Å². The van der Waals surface area contributed by atoms with Gasteiger partial charge >= 0.3 is 6.03 Å². The molecule has 0 saturated heterocycles. The molecule has 2 aromatic rings. The summed E-state index contributed by atoms with van der Waals surface area (Å²) >= 11 is 6.18. The number of hydrogen-bond donors (Lipinski definition) is 2. The van der Waals surface area contributed by atoms with Gasteiger partial charge in [0, 0.05) is 24.4 Å². The number of aromatic nitrogens is 2. The number of halogens is 1. The molecule has 2 heterocycles. The van der Waals surface area contributed by atoms with E-state index in [2.05, 4.69) is 9.97 Å². The Balaban J connectivity index is 2.08. The number of rotatable bonds is 2. The Hall–Kier alpha value is -2.87. The lowest BCUT2D eigenvalue weighted by molar-refractivity contribution is 0.1000. The van der Waals surface area contributed by atoms with Gasteiger partial charge in [-0.1, -0.05) is 11.6 Å². The monoisotopic (exact) mass is 332 g/mol. The fourth-order valence-electron chi connectivity index (χ4n) is 2.38. The highest BCUT2D eigenvalue weighted by molar-refractivity contribution is 6.34. The van der Waals surface area contributed by atoms with Gasteiger partial charge in [-0.05, 0) is 18.2 Å². The molecular formula is C14H13ClN6O2. The second-order valence-corrected chi connectivity index (χ2v) is 5.44. The van der Waals surface area contributed by atoms with E-state index >= 15 is 0 Å². The number of nitrogen functional groups attached to an aromatic ring is 1. The molecule has 0 bridgehead atoms. The molecule has 0 saturated carbocycles. The highest BCUT2D eigenvalue weighted by atomic mass is 35.5. The van der Waals surface area contributed by atoms with Crippen molar-refractivity contribution < 1.29 is 9.59 Å². The van der Waals surface area contributed by atoms with Crippen molar-refractivity contribution in [3.63, 3.8) is 0 Å². The topological polar surface area (TPSA) is 118 Å². The Kier molecular flexibility index (Phi) is 3.53. The van der Waals surface area contributed by atoms with Crippen molar-refractivity contribution in [2.75, 3.05) is 22.6 Å². The minimum atomic E-state index is -0.600.